The van der Waals surface area contributed by atoms with E-state index in [4.69, 9.17) is 9.84 Å². The molecule has 19 heavy (non-hydrogen) atoms. The zero-order valence-electron chi connectivity index (χ0n) is 10.8. The van der Waals surface area contributed by atoms with Crippen molar-refractivity contribution in [3.05, 3.63) is 29.3 Å². The van der Waals surface area contributed by atoms with Gasteiger partial charge in [-0.05, 0) is 36.6 Å². The van der Waals surface area contributed by atoms with Crippen LogP contribution in [-0.4, -0.2) is 24.1 Å². The van der Waals surface area contributed by atoms with Gasteiger partial charge in [-0.25, -0.2) is 4.79 Å². The third-order valence-corrected chi connectivity index (χ3v) is 3.29. The molecule has 5 nitrogen and oxygen atoms in total. The second-order valence-corrected chi connectivity index (χ2v) is 4.77. The predicted molar refractivity (Wildman–Crippen MR) is 70.1 cm³/mol. The molecule has 0 bridgehead atoms. The van der Waals surface area contributed by atoms with E-state index in [9.17, 15) is 9.59 Å². The van der Waals surface area contributed by atoms with Gasteiger partial charge in [0.15, 0.2) is 0 Å². The molecule has 2 rings (SSSR count). The van der Waals surface area contributed by atoms with Gasteiger partial charge in [-0.2, -0.15) is 0 Å². The second-order valence-electron chi connectivity index (χ2n) is 4.77. The average molecular weight is 263 g/mol. The quantitative estimate of drug-likeness (QED) is 0.854. The number of aromatic carboxylic acids is 1. The van der Waals surface area contributed by atoms with Crippen molar-refractivity contribution in [2.75, 3.05) is 12.4 Å². The van der Waals surface area contributed by atoms with Crippen molar-refractivity contribution in [3.63, 3.8) is 0 Å². The Bertz CT molecular complexity index is 494. The zero-order valence-corrected chi connectivity index (χ0v) is 10.8. The monoisotopic (exact) mass is 263 g/mol. The van der Waals surface area contributed by atoms with Crippen LogP contribution in [0.15, 0.2) is 18.2 Å². The number of nitrogens with one attached hydrogen (secondary N) is 1. The third kappa shape index (κ3) is 3.32. The fourth-order valence-corrected chi connectivity index (χ4v) is 2.05. The molecule has 1 aromatic carbocycles. The number of carbonyl (C=O) groups is 2. The van der Waals surface area contributed by atoms with Crippen molar-refractivity contribution in [3.8, 4) is 0 Å². The van der Waals surface area contributed by atoms with E-state index >= 15 is 0 Å². The Kier molecular flexibility index (Phi) is 4.16. The van der Waals surface area contributed by atoms with Gasteiger partial charge in [0.1, 0.15) is 0 Å². The molecular weight excluding hydrogens is 246 g/mol. The van der Waals surface area contributed by atoms with Crippen LogP contribution in [0, 0.1) is 5.92 Å². The molecule has 102 valence electrons. The Morgan fingerprint density at radius 1 is 1.37 bits per heavy atom. The van der Waals surface area contributed by atoms with Gasteiger partial charge in [-0.3, -0.25) is 4.79 Å². The molecule has 1 aliphatic rings. The van der Waals surface area contributed by atoms with Crippen LogP contribution in [0.5, 0.6) is 0 Å². The number of amides is 1. The summed E-state index contributed by atoms with van der Waals surface area (Å²) >= 11 is 0. The van der Waals surface area contributed by atoms with Crippen LogP contribution in [0.25, 0.3) is 0 Å². The lowest BCUT2D eigenvalue weighted by Crippen LogP contribution is -2.28. The minimum Gasteiger partial charge on any atom is -0.478 e. The van der Waals surface area contributed by atoms with Crippen LogP contribution in [-0.2, 0) is 16.1 Å². The first-order chi connectivity index (χ1) is 9.10. The summed E-state index contributed by atoms with van der Waals surface area (Å²) in [7, 11) is 1.54. The first kappa shape index (κ1) is 13.5. The van der Waals surface area contributed by atoms with Gasteiger partial charge in [0, 0.05) is 18.7 Å². The summed E-state index contributed by atoms with van der Waals surface area (Å²) in [6.07, 6.45) is 2.91. The first-order valence-electron chi connectivity index (χ1n) is 6.27. The Labute approximate surface area is 111 Å². The van der Waals surface area contributed by atoms with Crippen molar-refractivity contribution in [1.29, 1.82) is 0 Å². The van der Waals surface area contributed by atoms with E-state index in [0.717, 1.165) is 24.8 Å². The van der Waals surface area contributed by atoms with E-state index < -0.39 is 5.97 Å². The molecule has 0 unspecified atom stereocenters. The molecule has 1 amide bonds. The summed E-state index contributed by atoms with van der Waals surface area (Å²) < 4.78 is 5.00. The molecule has 1 fully saturated rings. The topological polar surface area (TPSA) is 75.6 Å². The number of rotatable bonds is 5. The van der Waals surface area contributed by atoms with E-state index in [-0.39, 0.29) is 17.4 Å². The number of ether oxygens (including phenoxy) is 1. The summed E-state index contributed by atoms with van der Waals surface area (Å²) in [5.41, 5.74) is 1.40. The highest BCUT2D eigenvalue weighted by Crippen LogP contribution is 2.28. The van der Waals surface area contributed by atoms with Gasteiger partial charge in [0.2, 0.25) is 5.91 Å². The normalized spacial score (nSPS) is 14.8. The zero-order chi connectivity index (χ0) is 13.8. The third-order valence-electron chi connectivity index (χ3n) is 3.29. The molecule has 0 aromatic heterocycles. The molecule has 0 spiro atoms. The summed E-state index contributed by atoms with van der Waals surface area (Å²) in [6.45, 7) is 0.313. The van der Waals surface area contributed by atoms with Crippen LogP contribution in [0.3, 0.4) is 0 Å². The van der Waals surface area contributed by atoms with Crippen LogP contribution >= 0.6 is 0 Å². The fraction of sp³-hybridized carbons (Fsp3) is 0.429. The number of benzene rings is 1. The van der Waals surface area contributed by atoms with Crippen molar-refractivity contribution in [2.24, 2.45) is 5.92 Å². The standard InChI is InChI=1S/C14H17NO4/c1-19-8-9-5-11(14(17)18)7-12(6-9)15-13(16)10-3-2-4-10/h5-7,10H,2-4,8H2,1H3,(H,15,16)(H,17,18). The van der Waals surface area contributed by atoms with E-state index in [1.807, 2.05) is 0 Å². The SMILES string of the molecule is COCc1cc(NC(=O)C2CCC2)cc(C(=O)O)c1. The molecule has 0 saturated heterocycles. The van der Waals surface area contributed by atoms with Gasteiger partial charge in [-0.15, -0.1) is 0 Å². The largest absolute Gasteiger partial charge is 0.478 e. The molecule has 0 atom stereocenters. The molecule has 2 N–H and O–H groups in total. The number of methoxy groups -OCH3 is 1. The van der Waals surface area contributed by atoms with Crippen molar-refractivity contribution < 1.29 is 19.4 Å². The number of hydrogen-bond acceptors (Lipinski definition) is 3. The van der Waals surface area contributed by atoms with Crippen molar-refractivity contribution >= 4 is 17.6 Å². The summed E-state index contributed by atoms with van der Waals surface area (Å²) in [4.78, 5) is 22.9. The lowest BCUT2D eigenvalue weighted by Gasteiger charge is -2.24. The summed E-state index contributed by atoms with van der Waals surface area (Å²) in [6, 6.07) is 4.76. The van der Waals surface area contributed by atoms with E-state index in [1.54, 1.807) is 19.2 Å². The highest BCUT2D eigenvalue weighted by Gasteiger charge is 2.25. The molecule has 5 heteroatoms. The minimum atomic E-state index is -1.02. The molecule has 1 saturated carbocycles. The highest BCUT2D eigenvalue weighted by molar-refractivity contribution is 5.95. The second kappa shape index (κ2) is 5.84. The summed E-state index contributed by atoms with van der Waals surface area (Å²) in [5.74, 6) is -0.978. The molecule has 0 aliphatic heterocycles. The van der Waals surface area contributed by atoms with E-state index in [0.29, 0.717) is 12.3 Å². The van der Waals surface area contributed by atoms with Crippen molar-refractivity contribution in [2.45, 2.75) is 25.9 Å². The first-order valence-corrected chi connectivity index (χ1v) is 6.27. The summed E-state index contributed by atoms with van der Waals surface area (Å²) in [5, 5.41) is 11.8. The van der Waals surface area contributed by atoms with Crippen LogP contribution in [0.1, 0.15) is 35.2 Å². The molecular formula is C14H17NO4. The number of carboxylic acid groups (broad SMARTS) is 1. The highest BCUT2D eigenvalue weighted by atomic mass is 16.5. The number of carbonyl (C=O) groups excluding carboxylic acids is 1. The van der Waals surface area contributed by atoms with E-state index in [1.165, 1.54) is 6.07 Å². The van der Waals surface area contributed by atoms with Crippen LogP contribution in [0.2, 0.25) is 0 Å². The van der Waals surface area contributed by atoms with Crippen molar-refractivity contribution in [1.82, 2.24) is 0 Å². The molecule has 1 aliphatic carbocycles. The average Bonchev–Trinajstić information content (AvgIpc) is 2.26. The molecule has 1 aromatic rings. The number of carboxylic acids is 1. The van der Waals surface area contributed by atoms with Gasteiger partial charge in [0.25, 0.3) is 0 Å². The van der Waals surface area contributed by atoms with E-state index in [2.05, 4.69) is 5.32 Å². The van der Waals surface area contributed by atoms with Gasteiger partial charge >= 0.3 is 5.97 Å². The molecule has 0 heterocycles. The van der Waals surface area contributed by atoms with Crippen LogP contribution < -0.4 is 5.32 Å². The van der Waals surface area contributed by atoms with Crippen LogP contribution in [0.4, 0.5) is 5.69 Å². The number of hydrogen-bond donors (Lipinski definition) is 2. The maximum Gasteiger partial charge on any atom is 0.335 e. The Morgan fingerprint density at radius 2 is 2.11 bits per heavy atom. The number of anilines is 1. The fourth-order valence-electron chi connectivity index (χ4n) is 2.05. The Balaban J connectivity index is 2.17. The minimum absolute atomic E-state index is 0.0304. The molecule has 0 radical (unpaired) electrons. The van der Waals surface area contributed by atoms with Gasteiger partial charge < -0.3 is 15.2 Å². The maximum atomic E-state index is 11.9. The van der Waals surface area contributed by atoms with Gasteiger partial charge in [0.05, 0.1) is 12.2 Å². The van der Waals surface area contributed by atoms with Gasteiger partial charge in [-0.1, -0.05) is 6.42 Å². The lowest BCUT2D eigenvalue weighted by molar-refractivity contribution is -0.122. The Hall–Kier alpha value is -1.88. The maximum absolute atomic E-state index is 11.9. The lowest BCUT2D eigenvalue weighted by atomic mass is 9.85. The predicted octanol–water partition coefficient (Wildman–Crippen LogP) is 2.27. The smallest absolute Gasteiger partial charge is 0.335 e. The Morgan fingerprint density at radius 3 is 2.63 bits per heavy atom.